The molecule has 0 aliphatic rings. The van der Waals surface area contributed by atoms with Gasteiger partial charge in [-0.1, -0.05) is 0 Å². The van der Waals surface area contributed by atoms with Gasteiger partial charge in [-0.2, -0.15) is 5.10 Å². The van der Waals surface area contributed by atoms with Gasteiger partial charge in [-0.25, -0.2) is 0 Å². The molecule has 0 bridgehead atoms. The monoisotopic (exact) mass is 247 g/mol. The zero-order valence-corrected chi connectivity index (χ0v) is 10.4. The van der Waals surface area contributed by atoms with Gasteiger partial charge < -0.3 is 9.73 Å². The first-order valence-corrected chi connectivity index (χ1v) is 6.04. The number of hydrogen-bond donors (Lipinski definition) is 2. The number of aryl methyl sites for hydroxylation is 2. The third-order valence-electron chi connectivity index (χ3n) is 2.69. The van der Waals surface area contributed by atoms with Gasteiger partial charge in [-0.15, -0.1) is 0 Å². The Kier molecular flexibility index (Phi) is 4.17. The smallest absolute Gasteiger partial charge is 0.220 e. The predicted molar refractivity (Wildman–Crippen MR) is 67.1 cm³/mol. The zero-order valence-electron chi connectivity index (χ0n) is 10.4. The van der Waals surface area contributed by atoms with E-state index in [1.165, 1.54) is 0 Å². The number of rotatable bonds is 6. The van der Waals surface area contributed by atoms with E-state index in [1.807, 2.05) is 19.1 Å². The molecule has 0 spiro atoms. The Labute approximate surface area is 106 Å². The summed E-state index contributed by atoms with van der Waals surface area (Å²) in [5.41, 5.74) is 1.05. The fourth-order valence-corrected chi connectivity index (χ4v) is 1.71. The molecule has 18 heavy (non-hydrogen) atoms. The van der Waals surface area contributed by atoms with Crippen molar-refractivity contribution in [1.82, 2.24) is 15.5 Å². The lowest BCUT2D eigenvalue weighted by molar-refractivity contribution is -0.121. The molecular formula is C13H17N3O2. The van der Waals surface area contributed by atoms with Gasteiger partial charge in [0.2, 0.25) is 5.91 Å². The molecule has 2 aromatic rings. The highest BCUT2D eigenvalue weighted by molar-refractivity contribution is 5.76. The van der Waals surface area contributed by atoms with Crippen LogP contribution in [0.1, 0.15) is 23.5 Å². The van der Waals surface area contributed by atoms with E-state index in [0.717, 1.165) is 23.5 Å². The van der Waals surface area contributed by atoms with Crippen LogP contribution in [0.25, 0.3) is 0 Å². The first-order valence-electron chi connectivity index (χ1n) is 6.04. The lowest BCUT2D eigenvalue weighted by atomic mass is 10.2. The Morgan fingerprint density at radius 1 is 1.44 bits per heavy atom. The number of aromatic amines is 1. The summed E-state index contributed by atoms with van der Waals surface area (Å²) in [5, 5.41) is 9.43. The molecule has 0 atom stereocenters. The normalized spacial score (nSPS) is 10.5. The highest BCUT2D eigenvalue weighted by Gasteiger charge is 2.03. The van der Waals surface area contributed by atoms with E-state index in [1.54, 1.807) is 12.4 Å². The van der Waals surface area contributed by atoms with E-state index in [2.05, 4.69) is 15.5 Å². The molecule has 0 unspecified atom stereocenters. The second-order valence-electron chi connectivity index (χ2n) is 4.22. The summed E-state index contributed by atoms with van der Waals surface area (Å²) in [6.07, 6.45) is 5.46. The van der Waals surface area contributed by atoms with Gasteiger partial charge in [0.05, 0.1) is 6.20 Å². The Bertz CT molecular complexity index is 488. The van der Waals surface area contributed by atoms with Crippen molar-refractivity contribution < 1.29 is 9.21 Å². The molecule has 5 nitrogen and oxygen atoms in total. The molecule has 5 heteroatoms. The van der Waals surface area contributed by atoms with E-state index in [4.69, 9.17) is 4.42 Å². The van der Waals surface area contributed by atoms with E-state index >= 15 is 0 Å². The molecule has 2 rings (SSSR count). The quantitative estimate of drug-likeness (QED) is 0.814. The van der Waals surface area contributed by atoms with Crippen molar-refractivity contribution in [2.24, 2.45) is 0 Å². The molecule has 0 saturated carbocycles. The molecule has 0 aromatic carbocycles. The van der Waals surface area contributed by atoms with Gasteiger partial charge in [0.1, 0.15) is 11.5 Å². The first-order chi connectivity index (χ1) is 8.74. The van der Waals surface area contributed by atoms with Crippen LogP contribution in [-0.2, 0) is 17.6 Å². The molecule has 0 fully saturated rings. The SMILES string of the molecule is Cc1ccc(CCNC(=O)CCc2cn[nH]c2)o1. The van der Waals surface area contributed by atoms with Crippen molar-refractivity contribution in [1.29, 1.82) is 0 Å². The van der Waals surface area contributed by atoms with Crippen molar-refractivity contribution in [2.45, 2.75) is 26.2 Å². The highest BCUT2D eigenvalue weighted by Crippen LogP contribution is 2.06. The van der Waals surface area contributed by atoms with Gasteiger partial charge in [-0.05, 0) is 31.0 Å². The fraction of sp³-hybridized carbons (Fsp3) is 0.385. The number of nitrogens with zero attached hydrogens (tertiary/aromatic N) is 1. The van der Waals surface area contributed by atoms with E-state index in [-0.39, 0.29) is 5.91 Å². The van der Waals surface area contributed by atoms with Gasteiger partial charge in [0, 0.05) is 25.6 Å². The number of carbonyl (C=O) groups excluding carboxylic acids is 1. The minimum atomic E-state index is 0.0551. The maximum Gasteiger partial charge on any atom is 0.220 e. The van der Waals surface area contributed by atoms with E-state index < -0.39 is 0 Å². The zero-order chi connectivity index (χ0) is 12.8. The molecule has 0 aliphatic heterocycles. The Morgan fingerprint density at radius 3 is 3.00 bits per heavy atom. The molecule has 0 radical (unpaired) electrons. The molecule has 96 valence electrons. The van der Waals surface area contributed by atoms with Crippen molar-refractivity contribution >= 4 is 5.91 Å². The third-order valence-corrected chi connectivity index (χ3v) is 2.69. The molecule has 0 saturated heterocycles. The standard InChI is InChI=1S/C13H17N3O2/c1-10-2-4-12(18-10)6-7-14-13(17)5-3-11-8-15-16-9-11/h2,4,8-9H,3,5-7H2,1H3,(H,14,17)(H,15,16). The first kappa shape index (κ1) is 12.4. The molecule has 2 aromatic heterocycles. The summed E-state index contributed by atoms with van der Waals surface area (Å²) < 4.78 is 5.42. The van der Waals surface area contributed by atoms with Crippen LogP contribution in [-0.4, -0.2) is 22.6 Å². The number of hydrogen-bond acceptors (Lipinski definition) is 3. The van der Waals surface area contributed by atoms with Crippen molar-refractivity contribution in [3.05, 3.63) is 41.6 Å². The summed E-state index contributed by atoms with van der Waals surface area (Å²) in [6, 6.07) is 3.86. The van der Waals surface area contributed by atoms with Crippen molar-refractivity contribution in [2.75, 3.05) is 6.54 Å². The van der Waals surface area contributed by atoms with Crippen LogP contribution < -0.4 is 5.32 Å². The number of H-pyrrole nitrogens is 1. The lowest BCUT2D eigenvalue weighted by Gasteiger charge is -2.03. The van der Waals surface area contributed by atoms with Crippen LogP contribution in [0.4, 0.5) is 0 Å². The van der Waals surface area contributed by atoms with Crippen LogP contribution in [0, 0.1) is 6.92 Å². The molecular weight excluding hydrogens is 230 g/mol. The predicted octanol–water partition coefficient (Wildman–Crippen LogP) is 1.60. The summed E-state index contributed by atoms with van der Waals surface area (Å²) in [7, 11) is 0. The van der Waals surface area contributed by atoms with Crippen LogP contribution >= 0.6 is 0 Å². The minimum absolute atomic E-state index is 0.0551. The van der Waals surface area contributed by atoms with Crippen LogP contribution in [0.15, 0.2) is 28.9 Å². The highest BCUT2D eigenvalue weighted by atomic mass is 16.3. The molecule has 1 amide bonds. The maximum absolute atomic E-state index is 11.6. The van der Waals surface area contributed by atoms with Crippen molar-refractivity contribution in [3.63, 3.8) is 0 Å². The van der Waals surface area contributed by atoms with Crippen molar-refractivity contribution in [3.8, 4) is 0 Å². The van der Waals surface area contributed by atoms with Gasteiger partial charge in [0.15, 0.2) is 0 Å². The minimum Gasteiger partial charge on any atom is -0.466 e. The fourth-order valence-electron chi connectivity index (χ4n) is 1.71. The second kappa shape index (κ2) is 6.05. The van der Waals surface area contributed by atoms with Crippen LogP contribution in [0.2, 0.25) is 0 Å². The van der Waals surface area contributed by atoms with Crippen LogP contribution in [0.5, 0.6) is 0 Å². The summed E-state index contributed by atoms with van der Waals surface area (Å²) in [5.74, 6) is 1.86. The summed E-state index contributed by atoms with van der Waals surface area (Å²) in [6.45, 7) is 2.52. The average molecular weight is 247 g/mol. The van der Waals surface area contributed by atoms with E-state index in [0.29, 0.717) is 19.4 Å². The Balaban J connectivity index is 1.63. The molecule has 2 N–H and O–H groups in total. The number of carbonyl (C=O) groups is 1. The lowest BCUT2D eigenvalue weighted by Crippen LogP contribution is -2.25. The second-order valence-corrected chi connectivity index (χ2v) is 4.22. The average Bonchev–Trinajstić information content (AvgIpc) is 2.98. The largest absolute Gasteiger partial charge is 0.466 e. The number of nitrogens with one attached hydrogen (secondary N) is 2. The summed E-state index contributed by atoms with van der Waals surface area (Å²) >= 11 is 0. The van der Waals surface area contributed by atoms with E-state index in [9.17, 15) is 4.79 Å². The Hall–Kier alpha value is -2.04. The maximum atomic E-state index is 11.6. The summed E-state index contributed by atoms with van der Waals surface area (Å²) in [4.78, 5) is 11.6. The molecule has 0 aliphatic carbocycles. The third kappa shape index (κ3) is 3.76. The molecule has 2 heterocycles. The van der Waals surface area contributed by atoms with Gasteiger partial charge in [-0.3, -0.25) is 9.89 Å². The number of furan rings is 1. The number of aromatic nitrogens is 2. The van der Waals surface area contributed by atoms with Crippen LogP contribution in [0.3, 0.4) is 0 Å². The Morgan fingerprint density at radius 2 is 2.33 bits per heavy atom. The number of amides is 1. The van der Waals surface area contributed by atoms with Gasteiger partial charge in [0.25, 0.3) is 0 Å². The van der Waals surface area contributed by atoms with Gasteiger partial charge >= 0.3 is 0 Å². The topological polar surface area (TPSA) is 70.9 Å².